The normalized spacial score (nSPS) is 25.5. The Labute approximate surface area is 101 Å². The van der Waals surface area contributed by atoms with Crippen molar-refractivity contribution in [1.82, 2.24) is 10.6 Å². The predicted octanol–water partition coefficient (Wildman–Crippen LogP) is -0.408. The zero-order valence-corrected chi connectivity index (χ0v) is 10.3. The summed E-state index contributed by atoms with van der Waals surface area (Å²) in [6, 6.07) is 0. The van der Waals surface area contributed by atoms with Crippen molar-refractivity contribution in [3.63, 3.8) is 0 Å². The maximum atomic E-state index is 11.8. The Balaban J connectivity index is 2.56. The molecular weight excluding hydrogens is 224 g/mol. The number of aliphatic carboxylic acids is 1. The minimum Gasteiger partial charge on any atom is -0.479 e. The number of amides is 1. The molecule has 1 rings (SSSR count). The Morgan fingerprint density at radius 2 is 2.24 bits per heavy atom. The Kier molecular flexibility index (Phi) is 4.89. The number of nitrogens with one attached hydrogen (secondary N) is 2. The fourth-order valence-corrected chi connectivity index (χ4v) is 1.70. The third kappa shape index (κ3) is 3.41. The van der Waals surface area contributed by atoms with Gasteiger partial charge in [-0.05, 0) is 6.54 Å². The van der Waals surface area contributed by atoms with Crippen LogP contribution in [0.5, 0.6) is 0 Å². The summed E-state index contributed by atoms with van der Waals surface area (Å²) in [4.78, 5) is 23.0. The summed E-state index contributed by atoms with van der Waals surface area (Å²) in [5.41, 5.74) is -1.24. The van der Waals surface area contributed by atoms with E-state index in [-0.39, 0.29) is 18.4 Å². The van der Waals surface area contributed by atoms with E-state index < -0.39 is 11.5 Å². The first-order chi connectivity index (χ1) is 8.02. The minimum atomic E-state index is -1.24. The van der Waals surface area contributed by atoms with Crippen LogP contribution in [0.4, 0.5) is 0 Å². The van der Waals surface area contributed by atoms with Crippen LogP contribution in [0.1, 0.15) is 20.3 Å². The fraction of sp³-hybridized carbons (Fsp3) is 0.818. The van der Waals surface area contributed by atoms with Crippen LogP contribution in [0.25, 0.3) is 0 Å². The lowest BCUT2D eigenvalue weighted by molar-refractivity contribution is -0.148. The second-order valence-electron chi connectivity index (χ2n) is 4.39. The number of ether oxygens (including phenoxy) is 1. The van der Waals surface area contributed by atoms with E-state index in [0.717, 1.165) is 6.54 Å². The first-order valence-electron chi connectivity index (χ1n) is 5.85. The van der Waals surface area contributed by atoms with Gasteiger partial charge >= 0.3 is 5.97 Å². The molecule has 0 saturated carbocycles. The standard InChI is InChI=1S/C11H20N2O4/c1-3-12-6-8(2)9(14)13-11(10(15)16)4-5-17-7-11/h8,12H,3-7H2,1-2H3,(H,13,14)(H,15,16). The molecule has 0 aliphatic carbocycles. The van der Waals surface area contributed by atoms with E-state index in [1.165, 1.54) is 0 Å². The molecule has 2 atom stereocenters. The van der Waals surface area contributed by atoms with Crippen LogP contribution in [-0.4, -0.2) is 48.8 Å². The summed E-state index contributed by atoms with van der Waals surface area (Å²) in [5.74, 6) is -1.54. The molecule has 0 spiro atoms. The quantitative estimate of drug-likeness (QED) is 0.591. The van der Waals surface area contributed by atoms with Crippen molar-refractivity contribution in [3.05, 3.63) is 0 Å². The van der Waals surface area contributed by atoms with E-state index in [4.69, 9.17) is 9.84 Å². The average Bonchev–Trinajstić information content (AvgIpc) is 2.75. The van der Waals surface area contributed by atoms with Gasteiger partial charge in [0.1, 0.15) is 0 Å². The fourth-order valence-electron chi connectivity index (χ4n) is 1.70. The zero-order valence-electron chi connectivity index (χ0n) is 10.3. The molecule has 1 heterocycles. The molecule has 1 aliphatic rings. The molecule has 1 fully saturated rings. The number of carboxylic acids is 1. The number of carbonyl (C=O) groups is 2. The molecule has 1 amide bonds. The van der Waals surface area contributed by atoms with Crippen molar-refractivity contribution in [2.45, 2.75) is 25.8 Å². The van der Waals surface area contributed by atoms with Gasteiger partial charge in [0.15, 0.2) is 5.54 Å². The number of hydrogen-bond acceptors (Lipinski definition) is 4. The first kappa shape index (κ1) is 13.9. The average molecular weight is 244 g/mol. The molecule has 0 aromatic rings. The van der Waals surface area contributed by atoms with Gasteiger partial charge in [0.2, 0.25) is 5.91 Å². The Bertz CT molecular complexity index is 287. The molecule has 17 heavy (non-hydrogen) atoms. The maximum Gasteiger partial charge on any atom is 0.331 e. The van der Waals surface area contributed by atoms with E-state index in [2.05, 4.69) is 10.6 Å². The first-order valence-corrected chi connectivity index (χ1v) is 5.85. The number of rotatable bonds is 6. The van der Waals surface area contributed by atoms with Gasteiger partial charge in [-0.15, -0.1) is 0 Å². The summed E-state index contributed by atoms with van der Waals surface area (Å²) in [6.45, 7) is 5.46. The molecule has 1 saturated heterocycles. The van der Waals surface area contributed by atoms with E-state index in [0.29, 0.717) is 19.6 Å². The molecule has 0 aromatic heterocycles. The third-order valence-electron chi connectivity index (χ3n) is 2.94. The smallest absolute Gasteiger partial charge is 0.331 e. The van der Waals surface area contributed by atoms with Crippen molar-refractivity contribution in [2.75, 3.05) is 26.3 Å². The van der Waals surface area contributed by atoms with Crippen molar-refractivity contribution >= 4 is 11.9 Å². The van der Waals surface area contributed by atoms with Crippen molar-refractivity contribution < 1.29 is 19.4 Å². The summed E-state index contributed by atoms with van der Waals surface area (Å²) in [7, 11) is 0. The van der Waals surface area contributed by atoms with Gasteiger partial charge in [-0.3, -0.25) is 4.79 Å². The third-order valence-corrected chi connectivity index (χ3v) is 2.94. The van der Waals surface area contributed by atoms with Gasteiger partial charge in [-0.1, -0.05) is 13.8 Å². The van der Waals surface area contributed by atoms with Crippen LogP contribution in [-0.2, 0) is 14.3 Å². The highest BCUT2D eigenvalue weighted by molar-refractivity contribution is 5.88. The molecular formula is C11H20N2O4. The highest BCUT2D eigenvalue weighted by Crippen LogP contribution is 2.19. The second kappa shape index (κ2) is 5.97. The van der Waals surface area contributed by atoms with E-state index in [1.54, 1.807) is 6.92 Å². The molecule has 6 nitrogen and oxygen atoms in total. The highest BCUT2D eigenvalue weighted by Gasteiger charge is 2.44. The van der Waals surface area contributed by atoms with E-state index >= 15 is 0 Å². The monoisotopic (exact) mass is 244 g/mol. The largest absolute Gasteiger partial charge is 0.479 e. The lowest BCUT2D eigenvalue weighted by Gasteiger charge is -2.25. The Morgan fingerprint density at radius 3 is 2.71 bits per heavy atom. The van der Waals surface area contributed by atoms with Crippen molar-refractivity contribution in [1.29, 1.82) is 0 Å². The molecule has 6 heteroatoms. The van der Waals surface area contributed by atoms with E-state index in [1.807, 2.05) is 6.92 Å². The van der Waals surface area contributed by atoms with Crippen molar-refractivity contribution in [2.24, 2.45) is 5.92 Å². The highest BCUT2D eigenvalue weighted by atomic mass is 16.5. The van der Waals surface area contributed by atoms with Gasteiger partial charge in [0.05, 0.1) is 6.61 Å². The van der Waals surface area contributed by atoms with Gasteiger partial charge in [-0.25, -0.2) is 4.79 Å². The van der Waals surface area contributed by atoms with Gasteiger partial charge in [0, 0.05) is 25.5 Å². The van der Waals surface area contributed by atoms with Crippen LogP contribution < -0.4 is 10.6 Å². The van der Waals surface area contributed by atoms with Crippen LogP contribution in [0.2, 0.25) is 0 Å². The Hall–Kier alpha value is -1.14. The van der Waals surface area contributed by atoms with Gasteiger partial charge in [0.25, 0.3) is 0 Å². The topological polar surface area (TPSA) is 87.7 Å². The maximum absolute atomic E-state index is 11.8. The molecule has 3 N–H and O–H groups in total. The summed E-state index contributed by atoms with van der Waals surface area (Å²) in [6.07, 6.45) is 0.321. The van der Waals surface area contributed by atoms with Crippen LogP contribution in [0.3, 0.4) is 0 Å². The number of hydrogen-bond donors (Lipinski definition) is 3. The molecule has 2 unspecified atom stereocenters. The van der Waals surface area contributed by atoms with Crippen LogP contribution >= 0.6 is 0 Å². The zero-order chi connectivity index (χ0) is 12.9. The second-order valence-corrected chi connectivity index (χ2v) is 4.39. The summed E-state index contributed by atoms with van der Waals surface area (Å²) < 4.78 is 5.07. The molecule has 98 valence electrons. The molecule has 0 aromatic carbocycles. The summed E-state index contributed by atoms with van der Waals surface area (Å²) >= 11 is 0. The number of carbonyl (C=O) groups excluding carboxylic acids is 1. The van der Waals surface area contributed by atoms with Crippen LogP contribution in [0, 0.1) is 5.92 Å². The minimum absolute atomic E-state index is 0.0437. The SMILES string of the molecule is CCNCC(C)C(=O)NC1(C(=O)O)CCOC1. The summed E-state index contributed by atoms with van der Waals surface area (Å²) in [5, 5.41) is 14.8. The van der Waals surface area contributed by atoms with Crippen LogP contribution in [0.15, 0.2) is 0 Å². The van der Waals surface area contributed by atoms with Gasteiger partial charge < -0.3 is 20.5 Å². The Morgan fingerprint density at radius 1 is 1.53 bits per heavy atom. The van der Waals surface area contributed by atoms with Crippen molar-refractivity contribution in [3.8, 4) is 0 Å². The molecule has 0 bridgehead atoms. The number of carboxylic acid groups (broad SMARTS) is 1. The predicted molar refractivity (Wildman–Crippen MR) is 61.7 cm³/mol. The van der Waals surface area contributed by atoms with Gasteiger partial charge in [-0.2, -0.15) is 0 Å². The lowest BCUT2D eigenvalue weighted by atomic mass is 9.97. The molecule has 1 aliphatic heterocycles. The molecule has 0 radical (unpaired) electrons. The lowest BCUT2D eigenvalue weighted by Crippen LogP contribution is -2.57. The van der Waals surface area contributed by atoms with E-state index in [9.17, 15) is 9.59 Å².